The summed E-state index contributed by atoms with van der Waals surface area (Å²) in [5.74, 6) is -0.251. The van der Waals surface area contributed by atoms with E-state index < -0.39 is 11.6 Å². The summed E-state index contributed by atoms with van der Waals surface area (Å²) in [6.07, 6.45) is 3.13. The van der Waals surface area contributed by atoms with Crippen LogP contribution in [0.1, 0.15) is 31.7 Å². The molecule has 1 saturated heterocycles. The van der Waals surface area contributed by atoms with E-state index >= 15 is 0 Å². The third kappa shape index (κ3) is 3.44. The second kappa shape index (κ2) is 6.33. The Morgan fingerprint density at radius 1 is 1.21 bits per heavy atom. The molecule has 2 nitrogen and oxygen atoms in total. The first-order valence-electron chi connectivity index (χ1n) is 6.99. The Morgan fingerprint density at radius 3 is 2.53 bits per heavy atom. The lowest BCUT2D eigenvalue weighted by molar-refractivity contribution is 0.519. The number of rotatable bonds is 3. The van der Waals surface area contributed by atoms with Crippen LogP contribution in [0.3, 0.4) is 0 Å². The fourth-order valence-corrected chi connectivity index (χ4v) is 2.71. The van der Waals surface area contributed by atoms with Crippen LogP contribution in [0.5, 0.6) is 0 Å². The van der Waals surface area contributed by atoms with Crippen molar-refractivity contribution in [2.75, 3.05) is 25.0 Å². The van der Waals surface area contributed by atoms with E-state index in [1.807, 2.05) is 4.90 Å². The van der Waals surface area contributed by atoms with Gasteiger partial charge in [0.2, 0.25) is 0 Å². The highest BCUT2D eigenvalue weighted by Crippen LogP contribution is 2.28. The first-order chi connectivity index (χ1) is 9.11. The highest BCUT2D eigenvalue weighted by atomic mass is 19.1. The van der Waals surface area contributed by atoms with E-state index in [-0.39, 0.29) is 5.69 Å². The van der Waals surface area contributed by atoms with Crippen LogP contribution in [-0.4, -0.2) is 20.1 Å². The van der Waals surface area contributed by atoms with Gasteiger partial charge in [0.15, 0.2) is 0 Å². The Hall–Kier alpha value is -1.16. The molecule has 19 heavy (non-hydrogen) atoms. The highest BCUT2D eigenvalue weighted by Gasteiger charge is 2.20. The molecule has 1 aliphatic heterocycles. The van der Waals surface area contributed by atoms with Crippen molar-refractivity contribution in [1.82, 2.24) is 5.32 Å². The van der Waals surface area contributed by atoms with Crippen molar-refractivity contribution in [3.05, 3.63) is 29.3 Å². The fourth-order valence-electron chi connectivity index (χ4n) is 2.71. The average molecular weight is 268 g/mol. The van der Waals surface area contributed by atoms with Crippen molar-refractivity contribution in [2.24, 2.45) is 5.92 Å². The summed E-state index contributed by atoms with van der Waals surface area (Å²) in [5.41, 5.74) is 0.790. The molecule has 1 unspecified atom stereocenters. The van der Waals surface area contributed by atoms with Crippen LogP contribution in [0.25, 0.3) is 0 Å². The number of nitrogens with zero attached hydrogens (tertiary/aromatic N) is 1. The monoisotopic (exact) mass is 268 g/mol. The molecule has 0 radical (unpaired) electrons. The summed E-state index contributed by atoms with van der Waals surface area (Å²) in [6.45, 7) is 4.15. The summed E-state index contributed by atoms with van der Waals surface area (Å²) in [7, 11) is 1.76. The minimum absolute atomic E-state index is 0.147. The molecule has 1 aromatic rings. The summed E-state index contributed by atoms with van der Waals surface area (Å²) in [6, 6.07) is 2.87. The predicted octanol–water partition coefficient (Wildman–Crippen LogP) is 3.31. The van der Waals surface area contributed by atoms with E-state index in [2.05, 4.69) is 12.2 Å². The number of hydrogen-bond acceptors (Lipinski definition) is 2. The van der Waals surface area contributed by atoms with E-state index in [0.717, 1.165) is 32.4 Å². The van der Waals surface area contributed by atoms with Crippen LogP contribution in [0, 0.1) is 17.6 Å². The maximum Gasteiger partial charge on any atom is 0.149 e. The highest BCUT2D eigenvalue weighted by molar-refractivity contribution is 5.50. The lowest BCUT2D eigenvalue weighted by Gasteiger charge is -2.24. The Labute approximate surface area is 113 Å². The average Bonchev–Trinajstić information content (AvgIpc) is 2.54. The summed E-state index contributed by atoms with van der Waals surface area (Å²) < 4.78 is 28.3. The quantitative estimate of drug-likeness (QED) is 0.904. The van der Waals surface area contributed by atoms with E-state index in [1.165, 1.54) is 12.1 Å². The summed E-state index contributed by atoms with van der Waals surface area (Å²) >= 11 is 0. The van der Waals surface area contributed by atoms with Crippen molar-refractivity contribution >= 4 is 5.69 Å². The van der Waals surface area contributed by atoms with Crippen molar-refractivity contribution in [1.29, 1.82) is 0 Å². The molecule has 0 saturated carbocycles. The SMILES string of the molecule is CNCc1cc(F)c(N2CCCC(C)CC2)c(F)c1. The Kier molecular flexibility index (Phi) is 4.75. The second-order valence-electron chi connectivity index (χ2n) is 5.46. The number of halogens is 2. The topological polar surface area (TPSA) is 15.3 Å². The minimum atomic E-state index is -0.445. The summed E-state index contributed by atoms with van der Waals surface area (Å²) in [5, 5.41) is 2.91. The Morgan fingerprint density at radius 2 is 1.89 bits per heavy atom. The molecule has 1 fully saturated rings. The Balaban J connectivity index is 2.23. The van der Waals surface area contributed by atoms with Gasteiger partial charge in [-0.2, -0.15) is 0 Å². The van der Waals surface area contributed by atoms with Gasteiger partial charge in [-0.15, -0.1) is 0 Å². The maximum absolute atomic E-state index is 14.1. The van der Waals surface area contributed by atoms with Gasteiger partial charge in [-0.05, 0) is 49.9 Å². The van der Waals surface area contributed by atoms with Gasteiger partial charge in [-0.3, -0.25) is 0 Å². The molecule has 106 valence electrons. The molecule has 1 heterocycles. The molecule has 1 atom stereocenters. The van der Waals surface area contributed by atoms with Crippen molar-refractivity contribution in [3.8, 4) is 0 Å². The van der Waals surface area contributed by atoms with Crippen LogP contribution in [0.2, 0.25) is 0 Å². The fraction of sp³-hybridized carbons (Fsp3) is 0.600. The van der Waals surface area contributed by atoms with Gasteiger partial charge in [0.25, 0.3) is 0 Å². The van der Waals surface area contributed by atoms with Gasteiger partial charge in [0.1, 0.15) is 17.3 Å². The smallest absolute Gasteiger partial charge is 0.149 e. The van der Waals surface area contributed by atoms with Crippen LogP contribution < -0.4 is 10.2 Å². The molecule has 0 amide bonds. The Bertz CT molecular complexity index is 411. The van der Waals surface area contributed by atoms with Gasteiger partial charge in [0.05, 0.1) is 0 Å². The maximum atomic E-state index is 14.1. The van der Waals surface area contributed by atoms with Gasteiger partial charge < -0.3 is 10.2 Å². The van der Waals surface area contributed by atoms with E-state index in [9.17, 15) is 8.78 Å². The first kappa shape index (κ1) is 14.3. The number of benzene rings is 1. The number of anilines is 1. The molecule has 4 heteroatoms. The number of hydrogen-bond donors (Lipinski definition) is 1. The molecule has 0 bridgehead atoms. The zero-order chi connectivity index (χ0) is 13.8. The zero-order valence-corrected chi connectivity index (χ0v) is 11.7. The normalized spacial score (nSPS) is 20.4. The third-order valence-corrected chi connectivity index (χ3v) is 3.79. The standard InChI is InChI=1S/C15H22F2N2/c1-11-4-3-6-19(7-5-11)15-13(16)8-12(10-18-2)9-14(15)17/h8-9,11,18H,3-7,10H2,1-2H3. The van der Waals surface area contributed by atoms with Gasteiger partial charge in [-0.25, -0.2) is 8.78 Å². The predicted molar refractivity (Wildman–Crippen MR) is 74.3 cm³/mol. The molecule has 1 aromatic carbocycles. The minimum Gasteiger partial charge on any atom is -0.367 e. The van der Waals surface area contributed by atoms with Crippen molar-refractivity contribution in [3.63, 3.8) is 0 Å². The molecule has 0 aromatic heterocycles. The van der Waals surface area contributed by atoms with Crippen LogP contribution >= 0.6 is 0 Å². The van der Waals surface area contributed by atoms with Crippen molar-refractivity contribution in [2.45, 2.75) is 32.7 Å². The number of nitrogens with one attached hydrogen (secondary N) is 1. The third-order valence-electron chi connectivity index (χ3n) is 3.79. The van der Waals surface area contributed by atoms with Crippen LogP contribution in [0.15, 0.2) is 12.1 Å². The lowest BCUT2D eigenvalue weighted by Crippen LogP contribution is -2.26. The van der Waals surface area contributed by atoms with E-state index in [4.69, 9.17) is 0 Å². The van der Waals surface area contributed by atoms with Crippen LogP contribution in [-0.2, 0) is 6.54 Å². The van der Waals surface area contributed by atoms with E-state index in [0.29, 0.717) is 18.0 Å². The lowest BCUT2D eigenvalue weighted by atomic mass is 10.0. The molecule has 0 spiro atoms. The van der Waals surface area contributed by atoms with E-state index in [1.54, 1.807) is 7.05 Å². The van der Waals surface area contributed by atoms with Gasteiger partial charge in [0, 0.05) is 19.6 Å². The van der Waals surface area contributed by atoms with Gasteiger partial charge >= 0.3 is 0 Å². The van der Waals surface area contributed by atoms with Crippen molar-refractivity contribution < 1.29 is 8.78 Å². The molecule has 0 aliphatic carbocycles. The second-order valence-corrected chi connectivity index (χ2v) is 5.46. The van der Waals surface area contributed by atoms with Gasteiger partial charge in [-0.1, -0.05) is 6.92 Å². The first-order valence-corrected chi connectivity index (χ1v) is 6.99. The molecule has 2 rings (SSSR count). The summed E-state index contributed by atoms with van der Waals surface area (Å²) in [4.78, 5) is 1.86. The largest absolute Gasteiger partial charge is 0.367 e. The molecular formula is C15H22F2N2. The zero-order valence-electron chi connectivity index (χ0n) is 11.7. The van der Waals surface area contributed by atoms with Crippen LogP contribution in [0.4, 0.5) is 14.5 Å². The molecule has 1 N–H and O–H groups in total. The molecular weight excluding hydrogens is 246 g/mol. The molecule has 1 aliphatic rings.